The molecule has 0 spiro atoms. The lowest BCUT2D eigenvalue weighted by atomic mass is 10.0. The maximum absolute atomic E-state index is 12.5. The number of halogens is 1. The molecule has 1 unspecified atom stereocenters. The number of nitrogens with zero attached hydrogens (tertiary/aromatic N) is 1. The van der Waals surface area contributed by atoms with Crippen LogP contribution in [-0.2, 0) is 0 Å². The molecule has 1 aliphatic heterocycles. The summed E-state index contributed by atoms with van der Waals surface area (Å²) < 4.78 is 0. The molecule has 1 saturated heterocycles. The van der Waals surface area contributed by atoms with Crippen molar-refractivity contribution >= 4 is 18.3 Å². The minimum Gasteiger partial charge on any atom is -0.333 e. The van der Waals surface area contributed by atoms with Crippen LogP contribution >= 0.6 is 12.4 Å². The fourth-order valence-electron chi connectivity index (χ4n) is 2.47. The summed E-state index contributed by atoms with van der Waals surface area (Å²) in [5.41, 5.74) is 0.806. The van der Waals surface area contributed by atoms with E-state index in [1.165, 1.54) is 12.8 Å². The Kier molecular flexibility index (Phi) is 6.89. The molecule has 0 bridgehead atoms. The molecular formula is C15H23ClN2O. The number of hydrogen-bond donors (Lipinski definition) is 1. The van der Waals surface area contributed by atoms with Gasteiger partial charge in [-0.1, -0.05) is 38.0 Å². The molecule has 1 aromatic rings. The molecule has 3 nitrogen and oxygen atoms in total. The topological polar surface area (TPSA) is 32.3 Å². The van der Waals surface area contributed by atoms with Crippen molar-refractivity contribution in [3.63, 3.8) is 0 Å². The van der Waals surface area contributed by atoms with Crippen LogP contribution in [0.5, 0.6) is 0 Å². The molecule has 19 heavy (non-hydrogen) atoms. The second kappa shape index (κ2) is 8.18. The number of piperazine rings is 1. The zero-order valence-corrected chi connectivity index (χ0v) is 12.3. The van der Waals surface area contributed by atoms with Gasteiger partial charge in [0.1, 0.15) is 0 Å². The van der Waals surface area contributed by atoms with E-state index in [1.54, 1.807) is 0 Å². The lowest BCUT2D eigenvalue weighted by Gasteiger charge is -2.36. The third kappa shape index (κ3) is 4.22. The number of rotatable bonds is 4. The molecule has 0 aromatic heterocycles. The van der Waals surface area contributed by atoms with Crippen molar-refractivity contribution < 1.29 is 4.79 Å². The Bertz CT molecular complexity index is 383. The van der Waals surface area contributed by atoms with Crippen molar-refractivity contribution in [2.24, 2.45) is 0 Å². The number of unbranched alkanes of at least 4 members (excludes halogenated alkanes) is 1. The van der Waals surface area contributed by atoms with E-state index < -0.39 is 0 Å². The highest BCUT2D eigenvalue weighted by Crippen LogP contribution is 2.15. The number of benzene rings is 1. The molecule has 1 aromatic carbocycles. The quantitative estimate of drug-likeness (QED) is 0.921. The highest BCUT2D eigenvalue weighted by atomic mass is 35.5. The average molecular weight is 283 g/mol. The summed E-state index contributed by atoms with van der Waals surface area (Å²) in [6.45, 7) is 4.85. The summed E-state index contributed by atoms with van der Waals surface area (Å²) in [5.74, 6) is 0.179. The Hall–Kier alpha value is -1.06. The lowest BCUT2D eigenvalue weighted by molar-refractivity contribution is 0.0622. The fourth-order valence-corrected chi connectivity index (χ4v) is 2.47. The maximum Gasteiger partial charge on any atom is 0.254 e. The molecule has 4 heteroatoms. The van der Waals surface area contributed by atoms with Crippen LogP contribution in [0.25, 0.3) is 0 Å². The number of nitrogens with one attached hydrogen (secondary N) is 1. The molecule has 1 amide bonds. The van der Waals surface area contributed by atoms with Gasteiger partial charge in [0.25, 0.3) is 5.91 Å². The van der Waals surface area contributed by atoms with Crippen molar-refractivity contribution in [3.05, 3.63) is 35.9 Å². The second-order valence-corrected chi connectivity index (χ2v) is 4.86. The Morgan fingerprint density at radius 1 is 1.37 bits per heavy atom. The molecule has 1 heterocycles. The van der Waals surface area contributed by atoms with Gasteiger partial charge in [0.05, 0.1) is 0 Å². The number of amides is 1. The minimum atomic E-state index is 0. The zero-order chi connectivity index (χ0) is 12.8. The summed E-state index contributed by atoms with van der Waals surface area (Å²) in [6, 6.07) is 9.96. The van der Waals surface area contributed by atoms with Crippen molar-refractivity contribution in [1.29, 1.82) is 0 Å². The predicted molar refractivity (Wildman–Crippen MR) is 80.9 cm³/mol. The van der Waals surface area contributed by atoms with E-state index in [0.29, 0.717) is 6.04 Å². The van der Waals surface area contributed by atoms with Crippen molar-refractivity contribution in [1.82, 2.24) is 10.2 Å². The van der Waals surface area contributed by atoms with Crippen LogP contribution < -0.4 is 5.32 Å². The van der Waals surface area contributed by atoms with E-state index in [-0.39, 0.29) is 18.3 Å². The van der Waals surface area contributed by atoms with Crippen LogP contribution in [0.4, 0.5) is 0 Å². The monoisotopic (exact) mass is 282 g/mol. The molecule has 0 aliphatic carbocycles. The summed E-state index contributed by atoms with van der Waals surface area (Å²) >= 11 is 0. The largest absolute Gasteiger partial charge is 0.333 e. The summed E-state index contributed by atoms with van der Waals surface area (Å²) in [7, 11) is 0. The molecule has 1 atom stereocenters. The Balaban J connectivity index is 0.00000180. The number of carbonyl (C=O) groups is 1. The second-order valence-electron chi connectivity index (χ2n) is 4.86. The average Bonchev–Trinajstić information content (AvgIpc) is 2.45. The molecule has 1 N–H and O–H groups in total. The van der Waals surface area contributed by atoms with Gasteiger partial charge in [0.2, 0.25) is 0 Å². The highest BCUT2D eigenvalue weighted by Gasteiger charge is 2.26. The first-order valence-corrected chi connectivity index (χ1v) is 6.89. The standard InChI is InChI=1S/C15H22N2O.ClH/c1-2-3-9-14-12-16-10-11-17(14)15(18)13-7-5-4-6-8-13;/h4-8,14,16H,2-3,9-12H2,1H3;1H. The molecule has 2 rings (SSSR count). The molecule has 0 saturated carbocycles. The van der Waals surface area contributed by atoms with Crippen LogP contribution in [0, 0.1) is 0 Å². The molecule has 1 fully saturated rings. The smallest absolute Gasteiger partial charge is 0.254 e. The van der Waals surface area contributed by atoms with Gasteiger partial charge in [0.15, 0.2) is 0 Å². The Morgan fingerprint density at radius 3 is 2.79 bits per heavy atom. The van der Waals surface area contributed by atoms with Gasteiger partial charge in [-0.3, -0.25) is 4.79 Å². The molecule has 0 radical (unpaired) electrons. The molecule has 1 aliphatic rings. The Morgan fingerprint density at radius 2 is 2.11 bits per heavy atom. The zero-order valence-electron chi connectivity index (χ0n) is 11.5. The van der Waals surface area contributed by atoms with Crippen LogP contribution in [0.2, 0.25) is 0 Å². The van der Waals surface area contributed by atoms with E-state index >= 15 is 0 Å². The van der Waals surface area contributed by atoms with Crippen LogP contribution in [0.3, 0.4) is 0 Å². The van der Waals surface area contributed by atoms with E-state index in [0.717, 1.165) is 31.6 Å². The first-order chi connectivity index (χ1) is 8.83. The molecular weight excluding hydrogens is 260 g/mol. The first-order valence-electron chi connectivity index (χ1n) is 6.89. The maximum atomic E-state index is 12.5. The van der Waals surface area contributed by atoms with Crippen molar-refractivity contribution in [2.45, 2.75) is 32.2 Å². The van der Waals surface area contributed by atoms with Gasteiger partial charge in [-0.2, -0.15) is 0 Å². The van der Waals surface area contributed by atoms with Gasteiger partial charge >= 0.3 is 0 Å². The minimum absolute atomic E-state index is 0. The number of carbonyl (C=O) groups excluding carboxylic acids is 1. The van der Waals surface area contributed by atoms with Gasteiger partial charge in [0, 0.05) is 31.2 Å². The predicted octanol–water partition coefficient (Wildman–Crippen LogP) is 2.71. The first kappa shape index (κ1) is 16.0. The van der Waals surface area contributed by atoms with E-state index in [1.807, 2.05) is 35.2 Å². The van der Waals surface area contributed by atoms with Gasteiger partial charge in [-0.05, 0) is 18.6 Å². The van der Waals surface area contributed by atoms with Crippen LogP contribution in [0.1, 0.15) is 36.5 Å². The van der Waals surface area contributed by atoms with E-state index in [9.17, 15) is 4.79 Å². The molecule has 106 valence electrons. The van der Waals surface area contributed by atoms with E-state index in [2.05, 4.69) is 12.2 Å². The van der Waals surface area contributed by atoms with Crippen LogP contribution in [0.15, 0.2) is 30.3 Å². The third-order valence-electron chi connectivity index (χ3n) is 3.52. The van der Waals surface area contributed by atoms with Gasteiger partial charge < -0.3 is 10.2 Å². The third-order valence-corrected chi connectivity index (χ3v) is 3.52. The summed E-state index contributed by atoms with van der Waals surface area (Å²) in [5, 5.41) is 3.39. The van der Waals surface area contributed by atoms with Crippen molar-refractivity contribution in [2.75, 3.05) is 19.6 Å². The van der Waals surface area contributed by atoms with Gasteiger partial charge in [-0.25, -0.2) is 0 Å². The van der Waals surface area contributed by atoms with Gasteiger partial charge in [-0.15, -0.1) is 12.4 Å². The highest BCUT2D eigenvalue weighted by molar-refractivity contribution is 5.94. The lowest BCUT2D eigenvalue weighted by Crippen LogP contribution is -2.53. The summed E-state index contributed by atoms with van der Waals surface area (Å²) in [4.78, 5) is 14.5. The normalized spacial score (nSPS) is 18.8. The fraction of sp³-hybridized carbons (Fsp3) is 0.533. The Labute approximate surface area is 121 Å². The van der Waals surface area contributed by atoms with Crippen molar-refractivity contribution in [3.8, 4) is 0 Å². The van der Waals surface area contributed by atoms with Crippen LogP contribution in [-0.4, -0.2) is 36.5 Å². The number of hydrogen-bond acceptors (Lipinski definition) is 2. The summed E-state index contributed by atoms with van der Waals surface area (Å²) in [6.07, 6.45) is 3.47. The SMILES string of the molecule is CCCCC1CNCCN1C(=O)c1ccccc1.Cl. The van der Waals surface area contributed by atoms with E-state index in [4.69, 9.17) is 0 Å².